The van der Waals surface area contributed by atoms with Crippen molar-refractivity contribution in [2.45, 2.75) is 6.42 Å². The van der Waals surface area contributed by atoms with E-state index < -0.39 is 7.26 Å². The molecule has 0 fully saturated rings. The summed E-state index contributed by atoms with van der Waals surface area (Å²) in [7, 11) is -1.89. The lowest BCUT2D eigenvalue weighted by atomic mass is 10.1. The van der Waals surface area contributed by atoms with Gasteiger partial charge in [0.1, 0.15) is 23.2 Å². The summed E-state index contributed by atoms with van der Waals surface area (Å²) in [6.07, 6.45) is 1.80. The Morgan fingerprint density at radius 2 is 1.15 bits per heavy atom. The summed E-state index contributed by atoms with van der Waals surface area (Å²) in [5.41, 5.74) is 13.1. The van der Waals surface area contributed by atoms with Crippen LogP contribution >= 0.6 is 7.26 Å². The number of nitrogens with two attached hydrogens (primary N) is 2. The number of hydrogen-bond acceptors (Lipinski definition) is 3. The Bertz CT molecular complexity index is 1100. The molecular weight excluding hydrogens is 425 g/mol. The molecule has 0 spiro atoms. The van der Waals surface area contributed by atoms with Crippen molar-refractivity contribution in [3.05, 3.63) is 115 Å². The van der Waals surface area contributed by atoms with Gasteiger partial charge in [0.15, 0.2) is 0 Å². The van der Waals surface area contributed by atoms with E-state index >= 15 is 0 Å². The molecule has 0 unspecified atom stereocenters. The van der Waals surface area contributed by atoms with E-state index in [0.29, 0.717) is 23.5 Å². The first kappa shape index (κ1) is 22.6. The van der Waals surface area contributed by atoms with E-state index in [-0.39, 0.29) is 5.91 Å². The Morgan fingerprint density at radius 3 is 1.61 bits per heavy atom. The summed E-state index contributed by atoms with van der Waals surface area (Å²) in [6.45, 7) is 0.581. The molecule has 0 aliphatic heterocycles. The van der Waals surface area contributed by atoms with E-state index in [1.165, 1.54) is 15.9 Å². The van der Waals surface area contributed by atoms with Crippen LogP contribution in [0.1, 0.15) is 16.8 Å². The molecule has 4 aromatic carbocycles. The summed E-state index contributed by atoms with van der Waals surface area (Å²) < 4.78 is 0. The van der Waals surface area contributed by atoms with Crippen molar-refractivity contribution >= 4 is 40.5 Å². The van der Waals surface area contributed by atoms with Gasteiger partial charge in [-0.2, -0.15) is 0 Å². The highest BCUT2D eigenvalue weighted by molar-refractivity contribution is 7.95. The zero-order valence-corrected chi connectivity index (χ0v) is 19.4. The average molecular weight is 455 g/mol. The zero-order valence-electron chi connectivity index (χ0n) is 18.5. The topological polar surface area (TPSA) is 81.1 Å². The van der Waals surface area contributed by atoms with Crippen LogP contribution < -0.4 is 32.7 Å². The minimum Gasteiger partial charge on any atom is -0.397 e. The molecule has 4 rings (SSSR count). The Labute approximate surface area is 196 Å². The van der Waals surface area contributed by atoms with Gasteiger partial charge in [-0.15, -0.1) is 0 Å². The molecule has 0 aliphatic carbocycles. The molecule has 0 saturated carbocycles. The van der Waals surface area contributed by atoms with Crippen LogP contribution in [0.15, 0.2) is 109 Å². The molecule has 5 heteroatoms. The number of nitrogen functional groups attached to an aromatic ring is 2. The second-order valence-corrected chi connectivity index (χ2v) is 11.6. The quantitative estimate of drug-likeness (QED) is 0.214. The van der Waals surface area contributed by atoms with Gasteiger partial charge in [0.05, 0.1) is 17.5 Å². The fraction of sp³-hybridized carbons (Fsp3) is 0.107. The average Bonchev–Trinajstić information content (AvgIpc) is 2.87. The van der Waals surface area contributed by atoms with E-state index in [2.05, 4.69) is 96.3 Å². The predicted molar refractivity (Wildman–Crippen MR) is 142 cm³/mol. The van der Waals surface area contributed by atoms with Gasteiger partial charge in [0.25, 0.3) is 5.91 Å². The van der Waals surface area contributed by atoms with Crippen LogP contribution in [0, 0.1) is 0 Å². The maximum absolute atomic E-state index is 12.6. The summed E-state index contributed by atoms with van der Waals surface area (Å²) in [6, 6.07) is 37.3. The Morgan fingerprint density at radius 1 is 0.667 bits per heavy atom. The second kappa shape index (κ2) is 10.3. The monoisotopic (exact) mass is 454 g/mol. The maximum atomic E-state index is 12.6. The van der Waals surface area contributed by atoms with Gasteiger partial charge < -0.3 is 16.8 Å². The molecule has 5 N–H and O–H groups in total. The van der Waals surface area contributed by atoms with E-state index in [1.54, 1.807) is 18.2 Å². The fourth-order valence-corrected chi connectivity index (χ4v) is 8.56. The Hall–Kier alpha value is -3.62. The molecule has 0 saturated heterocycles. The summed E-state index contributed by atoms with van der Waals surface area (Å²) in [5, 5.41) is 7.10. The van der Waals surface area contributed by atoms with Crippen LogP contribution in [-0.4, -0.2) is 18.6 Å². The van der Waals surface area contributed by atoms with E-state index in [1.807, 2.05) is 0 Å². The van der Waals surface area contributed by atoms with Crippen molar-refractivity contribution in [1.29, 1.82) is 0 Å². The maximum Gasteiger partial charge on any atom is 0.251 e. The summed E-state index contributed by atoms with van der Waals surface area (Å²) in [4.78, 5) is 12.6. The normalized spacial score (nSPS) is 11.2. The molecule has 0 bridgehead atoms. The Balaban J connectivity index is 1.60. The van der Waals surface area contributed by atoms with Gasteiger partial charge in [0.2, 0.25) is 0 Å². The van der Waals surface area contributed by atoms with Gasteiger partial charge in [0, 0.05) is 12.1 Å². The first-order valence-electron chi connectivity index (χ1n) is 11.1. The molecule has 0 aliphatic rings. The van der Waals surface area contributed by atoms with Gasteiger partial charge in [-0.05, 0) is 61.0 Å². The van der Waals surface area contributed by atoms with Gasteiger partial charge in [-0.25, -0.2) is 0 Å². The number of carbonyl (C=O) groups excluding carboxylic acids is 1. The number of hydrogen-bond donors (Lipinski definition) is 3. The predicted octanol–water partition coefficient (Wildman–Crippen LogP) is 3.97. The molecule has 4 nitrogen and oxygen atoms in total. The van der Waals surface area contributed by atoms with E-state index in [9.17, 15) is 4.79 Å². The molecule has 33 heavy (non-hydrogen) atoms. The molecule has 4 aromatic rings. The van der Waals surface area contributed by atoms with Crippen molar-refractivity contribution < 1.29 is 4.79 Å². The van der Waals surface area contributed by atoms with Crippen molar-refractivity contribution in [3.63, 3.8) is 0 Å². The standard InChI is InChI=1S/C28H28N3OP/c29-26-18-17-22(21-27(26)30)28(32)31-19-10-20-33(23-11-4-1-5-12-23,24-13-6-2-7-14-24)25-15-8-3-9-16-25/h1-9,11-18,21H,10,19-20,30H2,(H2-,29,31,32)/p+1. The number of nitrogens with one attached hydrogen (secondary N) is 1. The molecule has 0 atom stereocenters. The van der Waals surface area contributed by atoms with Crippen LogP contribution in [0.3, 0.4) is 0 Å². The minimum absolute atomic E-state index is 0.134. The van der Waals surface area contributed by atoms with Gasteiger partial charge in [-0.3, -0.25) is 4.79 Å². The molecule has 0 heterocycles. The van der Waals surface area contributed by atoms with Crippen molar-refractivity contribution in [3.8, 4) is 0 Å². The first-order chi connectivity index (χ1) is 16.1. The minimum atomic E-state index is -1.89. The molecule has 1 amide bonds. The zero-order chi connectivity index (χ0) is 23.1. The van der Waals surface area contributed by atoms with Crippen molar-refractivity contribution in [1.82, 2.24) is 5.32 Å². The van der Waals surface area contributed by atoms with Crippen LogP contribution in [0.2, 0.25) is 0 Å². The summed E-state index contributed by atoms with van der Waals surface area (Å²) >= 11 is 0. The number of carbonyl (C=O) groups is 1. The fourth-order valence-electron chi connectivity index (χ4n) is 4.22. The van der Waals surface area contributed by atoms with Crippen LogP contribution in [0.25, 0.3) is 0 Å². The largest absolute Gasteiger partial charge is 0.397 e. The third-order valence-corrected chi connectivity index (χ3v) is 10.4. The van der Waals surface area contributed by atoms with Gasteiger partial charge in [-0.1, -0.05) is 54.6 Å². The number of amides is 1. The SMILES string of the molecule is Nc1ccc(C(=O)NCCC[P+](c2ccccc2)(c2ccccc2)c2ccccc2)cc1N. The number of anilines is 2. The highest BCUT2D eigenvalue weighted by atomic mass is 31.2. The smallest absolute Gasteiger partial charge is 0.251 e. The lowest BCUT2D eigenvalue weighted by Gasteiger charge is -2.27. The lowest BCUT2D eigenvalue weighted by molar-refractivity contribution is 0.0954. The lowest BCUT2D eigenvalue weighted by Crippen LogP contribution is -2.34. The molecule has 166 valence electrons. The molecular formula is C28H29N3OP+. The van der Waals surface area contributed by atoms with Crippen LogP contribution in [0.4, 0.5) is 11.4 Å². The second-order valence-electron chi connectivity index (χ2n) is 7.99. The van der Waals surface area contributed by atoms with Crippen LogP contribution in [-0.2, 0) is 0 Å². The van der Waals surface area contributed by atoms with Crippen LogP contribution in [0.5, 0.6) is 0 Å². The van der Waals surface area contributed by atoms with Crippen molar-refractivity contribution in [2.24, 2.45) is 0 Å². The number of benzene rings is 4. The van der Waals surface area contributed by atoms with E-state index in [4.69, 9.17) is 11.5 Å². The van der Waals surface area contributed by atoms with Gasteiger partial charge >= 0.3 is 0 Å². The third-order valence-electron chi connectivity index (χ3n) is 5.90. The summed E-state index contributed by atoms with van der Waals surface area (Å²) in [5.74, 6) is -0.134. The molecule has 0 aromatic heterocycles. The van der Waals surface area contributed by atoms with Crippen molar-refractivity contribution in [2.75, 3.05) is 24.2 Å². The Kier molecular flexibility index (Phi) is 7.07. The third kappa shape index (κ3) is 4.92. The number of rotatable bonds is 8. The highest BCUT2D eigenvalue weighted by Gasteiger charge is 2.44. The molecule has 0 radical (unpaired) electrons. The first-order valence-corrected chi connectivity index (χ1v) is 13.1. The highest BCUT2D eigenvalue weighted by Crippen LogP contribution is 2.55. The van der Waals surface area contributed by atoms with E-state index in [0.717, 1.165) is 12.6 Å².